The first kappa shape index (κ1) is 11.5. The van der Waals surface area contributed by atoms with E-state index in [-0.39, 0.29) is 18.2 Å². The van der Waals surface area contributed by atoms with Crippen LogP contribution in [0.1, 0.15) is 30.8 Å². The molecule has 0 amide bonds. The van der Waals surface area contributed by atoms with Crippen molar-refractivity contribution in [1.29, 1.82) is 0 Å². The molecule has 15 heavy (non-hydrogen) atoms. The van der Waals surface area contributed by atoms with Gasteiger partial charge in [0, 0.05) is 0 Å². The van der Waals surface area contributed by atoms with E-state index in [9.17, 15) is 9.59 Å². The van der Waals surface area contributed by atoms with Gasteiger partial charge in [0.1, 0.15) is 5.92 Å². The molecule has 0 fully saturated rings. The van der Waals surface area contributed by atoms with Crippen LogP contribution in [-0.2, 0) is 9.53 Å². The zero-order chi connectivity index (χ0) is 11.3. The Labute approximate surface area is 88.2 Å². The number of carbonyl (C=O) groups is 2. The Kier molecular flexibility index (Phi) is 4.09. The summed E-state index contributed by atoms with van der Waals surface area (Å²) in [4.78, 5) is 23.2. The zero-order valence-corrected chi connectivity index (χ0v) is 8.86. The number of Topliss-reactive ketones (excluding diaryl/α,β-unsaturated/α-hetero) is 1. The Morgan fingerprint density at radius 1 is 1.47 bits per heavy atom. The lowest BCUT2D eigenvalue weighted by Gasteiger charge is -2.10. The second-order valence-electron chi connectivity index (χ2n) is 3.05. The minimum Gasteiger partial charge on any atom is -0.465 e. The highest BCUT2D eigenvalue weighted by Gasteiger charge is 2.28. The monoisotopic (exact) mass is 210 g/mol. The molecule has 0 aliphatic rings. The average molecular weight is 210 g/mol. The number of hydrogen-bond acceptors (Lipinski definition) is 4. The molecule has 0 spiro atoms. The first-order valence-corrected chi connectivity index (χ1v) is 4.95. The number of furan rings is 1. The molecule has 1 aromatic rings. The Morgan fingerprint density at radius 2 is 2.20 bits per heavy atom. The third-order valence-electron chi connectivity index (χ3n) is 2.06. The summed E-state index contributed by atoms with van der Waals surface area (Å²) >= 11 is 0. The molecule has 0 bridgehead atoms. The summed E-state index contributed by atoms with van der Waals surface area (Å²) in [6.07, 6.45) is 1.82. The van der Waals surface area contributed by atoms with E-state index in [1.54, 1.807) is 26.0 Å². The molecule has 1 rings (SSSR count). The predicted molar refractivity (Wildman–Crippen MR) is 53.5 cm³/mol. The van der Waals surface area contributed by atoms with Crippen LogP contribution in [0.3, 0.4) is 0 Å². The molecule has 4 heteroatoms. The van der Waals surface area contributed by atoms with Gasteiger partial charge in [-0.2, -0.15) is 0 Å². The topological polar surface area (TPSA) is 56.5 Å². The molecule has 0 aromatic carbocycles. The van der Waals surface area contributed by atoms with Crippen molar-refractivity contribution in [3.8, 4) is 0 Å². The maximum Gasteiger partial charge on any atom is 0.316 e. The molecule has 0 saturated heterocycles. The molecule has 82 valence electrons. The van der Waals surface area contributed by atoms with Gasteiger partial charge in [0.15, 0.2) is 5.76 Å². The van der Waals surface area contributed by atoms with Crippen LogP contribution in [0.5, 0.6) is 0 Å². The van der Waals surface area contributed by atoms with Crippen molar-refractivity contribution in [1.82, 2.24) is 0 Å². The zero-order valence-electron chi connectivity index (χ0n) is 8.86. The van der Waals surface area contributed by atoms with Gasteiger partial charge in [-0.3, -0.25) is 9.59 Å². The largest absolute Gasteiger partial charge is 0.465 e. The van der Waals surface area contributed by atoms with E-state index in [1.807, 2.05) is 0 Å². The van der Waals surface area contributed by atoms with Crippen LogP contribution in [0.25, 0.3) is 0 Å². The van der Waals surface area contributed by atoms with E-state index >= 15 is 0 Å². The molecule has 1 heterocycles. The maximum absolute atomic E-state index is 11.8. The fourth-order valence-corrected chi connectivity index (χ4v) is 1.29. The molecule has 0 aliphatic carbocycles. The highest BCUT2D eigenvalue weighted by atomic mass is 16.5. The lowest BCUT2D eigenvalue weighted by atomic mass is 10.00. The lowest BCUT2D eigenvalue weighted by molar-refractivity contribution is -0.146. The summed E-state index contributed by atoms with van der Waals surface area (Å²) in [5.41, 5.74) is 0. The number of carbonyl (C=O) groups excluding carboxylic acids is 2. The van der Waals surface area contributed by atoms with Gasteiger partial charge in [0.2, 0.25) is 5.78 Å². The van der Waals surface area contributed by atoms with Crippen LogP contribution < -0.4 is 0 Å². The molecule has 1 atom stereocenters. The molecule has 1 aromatic heterocycles. The average Bonchev–Trinajstić information content (AvgIpc) is 2.71. The van der Waals surface area contributed by atoms with Crippen molar-refractivity contribution in [3.05, 3.63) is 24.2 Å². The van der Waals surface area contributed by atoms with Crippen LogP contribution in [0.4, 0.5) is 0 Å². The van der Waals surface area contributed by atoms with Gasteiger partial charge in [0.25, 0.3) is 0 Å². The molecular formula is C11H14O4. The molecule has 0 saturated carbocycles. The van der Waals surface area contributed by atoms with Gasteiger partial charge in [-0.25, -0.2) is 0 Å². The summed E-state index contributed by atoms with van der Waals surface area (Å²) in [6.45, 7) is 3.76. The highest BCUT2D eigenvalue weighted by Crippen LogP contribution is 2.14. The van der Waals surface area contributed by atoms with Crippen LogP contribution in [0.2, 0.25) is 0 Å². The highest BCUT2D eigenvalue weighted by molar-refractivity contribution is 6.07. The van der Waals surface area contributed by atoms with E-state index in [4.69, 9.17) is 9.15 Å². The first-order valence-electron chi connectivity index (χ1n) is 4.95. The summed E-state index contributed by atoms with van der Waals surface area (Å²) in [7, 11) is 0. The number of hydrogen-bond donors (Lipinski definition) is 0. The Bertz CT molecular complexity index is 326. The van der Waals surface area contributed by atoms with Crippen LogP contribution in [-0.4, -0.2) is 18.4 Å². The fraction of sp³-hybridized carbons (Fsp3) is 0.455. The van der Waals surface area contributed by atoms with E-state index in [1.165, 1.54) is 6.26 Å². The van der Waals surface area contributed by atoms with Gasteiger partial charge in [-0.15, -0.1) is 0 Å². The van der Waals surface area contributed by atoms with Crippen molar-refractivity contribution in [2.24, 2.45) is 5.92 Å². The van der Waals surface area contributed by atoms with Crippen molar-refractivity contribution in [3.63, 3.8) is 0 Å². The SMILES string of the molecule is CCOC(=O)C(CC)C(=O)c1ccco1. The third kappa shape index (κ3) is 2.68. The first-order chi connectivity index (χ1) is 7.20. The Balaban J connectivity index is 2.75. The Hall–Kier alpha value is -1.58. The minimum absolute atomic E-state index is 0.204. The van der Waals surface area contributed by atoms with Crippen molar-refractivity contribution < 1.29 is 18.7 Å². The molecule has 0 radical (unpaired) electrons. The van der Waals surface area contributed by atoms with Gasteiger partial charge >= 0.3 is 5.97 Å². The van der Waals surface area contributed by atoms with Crippen molar-refractivity contribution >= 4 is 11.8 Å². The summed E-state index contributed by atoms with van der Waals surface area (Å²) in [6, 6.07) is 3.16. The standard InChI is InChI=1S/C11H14O4/c1-3-8(11(13)14-4-2)10(12)9-6-5-7-15-9/h5-8H,3-4H2,1-2H3. The molecule has 0 N–H and O–H groups in total. The van der Waals surface area contributed by atoms with Gasteiger partial charge in [0.05, 0.1) is 12.9 Å². The lowest BCUT2D eigenvalue weighted by Crippen LogP contribution is -2.25. The second kappa shape index (κ2) is 5.34. The van der Waals surface area contributed by atoms with Gasteiger partial charge in [-0.1, -0.05) is 6.92 Å². The number of ketones is 1. The second-order valence-corrected chi connectivity index (χ2v) is 3.05. The quantitative estimate of drug-likeness (QED) is 0.424. The third-order valence-corrected chi connectivity index (χ3v) is 2.06. The van der Waals surface area contributed by atoms with Crippen molar-refractivity contribution in [2.45, 2.75) is 20.3 Å². The van der Waals surface area contributed by atoms with Gasteiger partial charge in [-0.05, 0) is 25.5 Å². The van der Waals surface area contributed by atoms with E-state index < -0.39 is 11.9 Å². The number of esters is 1. The molecule has 1 unspecified atom stereocenters. The maximum atomic E-state index is 11.8. The fourth-order valence-electron chi connectivity index (χ4n) is 1.29. The molecular weight excluding hydrogens is 196 g/mol. The van der Waals surface area contributed by atoms with Gasteiger partial charge < -0.3 is 9.15 Å². The van der Waals surface area contributed by atoms with Crippen LogP contribution in [0, 0.1) is 5.92 Å². The Morgan fingerprint density at radius 3 is 2.67 bits per heavy atom. The molecule has 0 aliphatic heterocycles. The number of ether oxygens (including phenoxy) is 1. The normalized spacial score (nSPS) is 12.1. The smallest absolute Gasteiger partial charge is 0.316 e. The van der Waals surface area contributed by atoms with Crippen molar-refractivity contribution in [2.75, 3.05) is 6.61 Å². The summed E-state index contributed by atoms with van der Waals surface area (Å²) < 4.78 is 9.76. The molecule has 4 nitrogen and oxygen atoms in total. The van der Waals surface area contributed by atoms with E-state index in [0.717, 1.165) is 0 Å². The summed E-state index contributed by atoms with van der Waals surface area (Å²) in [5, 5.41) is 0. The van der Waals surface area contributed by atoms with E-state index in [2.05, 4.69) is 0 Å². The number of rotatable bonds is 5. The predicted octanol–water partition coefficient (Wildman–Crippen LogP) is 2.05. The van der Waals surface area contributed by atoms with Crippen LogP contribution in [0.15, 0.2) is 22.8 Å². The summed E-state index contributed by atoms with van der Waals surface area (Å²) in [5.74, 6) is -1.35. The van der Waals surface area contributed by atoms with E-state index in [0.29, 0.717) is 6.42 Å². The minimum atomic E-state index is -0.754. The van der Waals surface area contributed by atoms with Crippen LogP contribution >= 0.6 is 0 Å².